The van der Waals surface area contributed by atoms with Crippen LogP contribution in [0.4, 0.5) is 34.1 Å². The van der Waals surface area contributed by atoms with E-state index in [1.807, 2.05) is 18.2 Å². The molecule has 0 atom stereocenters. The van der Waals surface area contributed by atoms with Crippen LogP contribution in [0.5, 0.6) is 0 Å². The predicted molar refractivity (Wildman–Crippen MR) is 440 cm³/mol. The Kier molecular flexibility index (Phi) is 14.2. The maximum absolute atomic E-state index is 6.61. The van der Waals surface area contributed by atoms with Crippen LogP contribution < -0.4 is 9.80 Å². The van der Waals surface area contributed by atoms with E-state index in [0.29, 0.717) is 0 Å². The van der Waals surface area contributed by atoms with E-state index in [2.05, 4.69) is 365 Å². The molecule has 0 amide bonds. The third-order valence-electron chi connectivity index (χ3n) is 20.8. The van der Waals surface area contributed by atoms with E-state index in [1.165, 1.54) is 116 Å². The third kappa shape index (κ3) is 9.98. The van der Waals surface area contributed by atoms with Crippen molar-refractivity contribution in [3.05, 3.63) is 364 Å². The second-order valence-electron chi connectivity index (χ2n) is 26.7. The van der Waals surface area contributed by atoms with Crippen LogP contribution >= 0.6 is 0 Å². The second-order valence-corrected chi connectivity index (χ2v) is 31.2. The van der Waals surface area contributed by atoms with Crippen LogP contribution in [0, 0.1) is 0 Å². The Morgan fingerprint density at radius 3 is 1.13 bits per heavy atom. The standard InChI is InChI=1S/2C48H30N2OSe/c1-2-11-33(12-3-1)50-42-17-7-4-13-36(42)41-29-32(23-28-43(41)50)31-21-24-34(25-22-31)49(35-26-27-39-38-15-6-9-20-46(38)52-47(39)30-35)44-18-10-16-40-37-14-5-8-19-45(37)51-48(40)44;1-2-10-33(11-3-1)50-43-15-7-4-12-37(43)42-28-32(20-27-44(42)50)31-18-21-34(22-19-31)49(35-23-25-39-38-13-5-8-16-45(38)51-46(39)29-35)36-24-26-41-40-14-6-9-17-47(40)52-48(41)30-36/h2*1-30H. The van der Waals surface area contributed by atoms with Crippen molar-refractivity contribution in [2.45, 2.75) is 0 Å². The van der Waals surface area contributed by atoms with E-state index in [0.717, 1.165) is 78.0 Å². The average molecular weight is 1460 g/mol. The summed E-state index contributed by atoms with van der Waals surface area (Å²) in [6.45, 7) is 0. The van der Waals surface area contributed by atoms with Gasteiger partial charge in [-0.05, 0) is 36.4 Å². The molecule has 488 valence electrons. The summed E-state index contributed by atoms with van der Waals surface area (Å²) in [5, 5.41) is 15.0. The van der Waals surface area contributed by atoms with Gasteiger partial charge in [-0.3, -0.25) is 0 Å². The zero-order valence-electron chi connectivity index (χ0n) is 56.1. The molecule has 0 fully saturated rings. The minimum absolute atomic E-state index is 0.255. The van der Waals surface area contributed by atoms with Gasteiger partial charge in [0.2, 0.25) is 0 Å². The van der Waals surface area contributed by atoms with Gasteiger partial charge in [0.15, 0.2) is 0 Å². The molecule has 0 bridgehead atoms. The molecule has 16 aromatic carbocycles. The molecule has 0 aliphatic rings. The van der Waals surface area contributed by atoms with Gasteiger partial charge in [-0.2, -0.15) is 0 Å². The summed E-state index contributed by atoms with van der Waals surface area (Å²) in [6.07, 6.45) is 0. The van der Waals surface area contributed by atoms with Gasteiger partial charge in [0.25, 0.3) is 0 Å². The first-order valence-corrected chi connectivity index (χ1v) is 38.6. The summed E-state index contributed by atoms with van der Waals surface area (Å²) in [5.41, 5.74) is 22.1. The van der Waals surface area contributed by atoms with E-state index >= 15 is 0 Å². The Balaban J connectivity index is 0.000000134. The molecule has 0 unspecified atom stereocenters. The maximum atomic E-state index is 6.61. The van der Waals surface area contributed by atoms with Crippen molar-refractivity contribution >= 4 is 189 Å². The van der Waals surface area contributed by atoms with Crippen molar-refractivity contribution < 1.29 is 8.83 Å². The van der Waals surface area contributed by atoms with Gasteiger partial charge in [0.1, 0.15) is 0 Å². The van der Waals surface area contributed by atoms with Crippen LogP contribution in [-0.2, 0) is 0 Å². The number of anilines is 6. The van der Waals surface area contributed by atoms with Crippen molar-refractivity contribution in [3.63, 3.8) is 0 Å². The summed E-state index contributed by atoms with van der Waals surface area (Å²) in [4.78, 5) is 4.73. The van der Waals surface area contributed by atoms with Gasteiger partial charge in [-0.1, -0.05) is 72.8 Å². The normalized spacial score (nSPS) is 11.8. The summed E-state index contributed by atoms with van der Waals surface area (Å²) in [5.74, 6) is 0. The summed E-state index contributed by atoms with van der Waals surface area (Å²) in [6, 6.07) is 132. The molecule has 0 saturated heterocycles. The van der Waals surface area contributed by atoms with Crippen LogP contribution in [0.25, 0.3) is 160 Å². The number of fused-ring (bicyclic) bond motifs is 18. The molecular formula is C96H60N4O2Se2. The van der Waals surface area contributed by atoms with Crippen molar-refractivity contribution in [3.8, 4) is 33.6 Å². The van der Waals surface area contributed by atoms with Crippen LogP contribution in [0.3, 0.4) is 0 Å². The minimum atomic E-state index is 0.255. The molecule has 6 heterocycles. The van der Waals surface area contributed by atoms with Crippen LogP contribution in [0.15, 0.2) is 373 Å². The first-order chi connectivity index (χ1) is 51.5. The van der Waals surface area contributed by atoms with Crippen molar-refractivity contribution in [2.75, 3.05) is 9.80 Å². The Morgan fingerprint density at radius 2 is 0.587 bits per heavy atom. The molecular weight excluding hydrogens is 1400 g/mol. The second kappa shape index (κ2) is 24.6. The third-order valence-corrected chi connectivity index (χ3v) is 25.5. The molecule has 6 nitrogen and oxygen atoms in total. The van der Waals surface area contributed by atoms with Gasteiger partial charge in [-0.25, -0.2) is 0 Å². The number of benzene rings is 16. The monoisotopic (exact) mass is 1460 g/mol. The zero-order chi connectivity index (χ0) is 68.3. The van der Waals surface area contributed by atoms with Gasteiger partial charge >= 0.3 is 474 Å². The molecule has 104 heavy (non-hydrogen) atoms. The topological polar surface area (TPSA) is 42.6 Å². The molecule has 22 rings (SSSR count). The van der Waals surface area contributed by atoms with E-state index in [-0.39, 0.29) is 29.0 Å². The Bertz CT molecular complexity index is 7000. The molecule has 22 aromatic rings. The van der Waals surface area contributed by atoms with Crippen LogP contribution in [0.2, 0.25) is 0 Å². The quantitative estimate of drug-likeness (QED) is 0.128. The number of nitrogens with zero attached hydrogens (tertiary/aromatic N) is 4. The van der Waals surface area contributed by atoms with Crippen LogP contribution in [0.1, 0.15) is 0 Å². The molecule has 0 N–H and O–H groups in total. The van der Waals surface area contributed by atoms with Gasteiger partial charge in [-0.15, -0.1) is 0 Å². The minimum Gasteiger partial charge on any atom is -0.0602 e. The van der Waals surface area contributed by atoms with Crippen molar-refractivity contribution in [1.29, 1.82) is 0 Å². The average Bonchev–Trinajstić information content (AvgIpc) is 1.60. The predicted octanol–water partition coefficient (Wildman–Crippen LogP) is 26.4. The summed E-state index contributed by atoms with van der Waals surface area (Å²) < 4.78 is 23.4. The molecule has 0 aliphatic carbocycles. The van der Waals surface area contributed by atoms with Gasteiger partial charge in [0.05, 0.1) is 11.0 Å². The molecule has 6 aromatic heterocycles. The van der Waals surface area contributed by atoms with Crippen molar-refractivity contribution in [1.82, 2.24) is 9.13 Å². The van der Waals surface area contributed by atoms with E-state index in [9.17, 15) is 0 Å². The summed E-state index contributed by atoms with van der Waals surface area (Å²) >= 11 is 0.521. The first kappa shape index (κ1) is 60.2. The molecule has 0 radical (unpaired) electrons. The number of rotatable bonds is 10. The number of hydrogen-bond acceptors (Lipinski definition) is 4. The zero-order valence-corrected chi connectivity index (χ0v) is 59.5. The van der Waals surface area contributed by atoms with Gasteiger partial charge in [0, 0.05) is 11.4 Å². The fourth-order valence-corrected chi connectivity index (χ4v) is 20.7. The molecule has 0 aliphatic heterocycles. The van der Waals surface area contributed by atoms with E-state index in [1.54, 1.807) is 0 Å². The van der Waals surface area contributed by atoms with Gasteiger partial charge < -0.3 is 9.13 Å². The number of para-hydroxylation sites is 7. The van der Waals surface area contributed by atoms with Crippen LogP contribution in [-0.4, -0.2) is 38.1 Å². The number of furan rings is 2. The molecule has 0 spiro atoms. The Hall–Kier alpha value is -12.6. The Labute approximate surface area is 610 Å². The fourth-order valence-electron chi connectivity index (χ4n) is 16.0. The molecule has 0 saturated carbocycles. The van der Waals surface area contributed by atoms with Crippen molar-refractivity contribution in [2.24, 2.45) is 0 Å². The van der Waals surface area contributed by atoms with E-state index in [4.69, 9.17) is 8.83 Å². The molecule has 8 heteroatoms. The smallest absolute Gasteiger partial charge is 0.0602 e. The SMILES string of the molecule is c1ccc(-n2c3ccccc3c3cc(-c4ccc(N(c5ccc6c(c5)[se]c5ccccc56)c5cccc6c5oc5ccccc56)cc4)ccc32)cc1.c1ccc(-n2c3ccccc3c3cc(-c4ccc(N(c5ccc6c(c5)oc5ccccc56)c5ccc6c(c5)[se]c5ccccc56)cc4)ccc32)cc1. The number of aromatic nitrogens is 2. The first-order valence-electron chi connectivity index (χ1n) is 35.2. The Morgan fingerprint density at radius 1 is 0.212 bits per heavy atom. The number of hydrogen-bond donors (Lipinski definition) is 0. The summed E-state index contributed by atoms with van der Waals surface area (Å²) in [7, 11) is 0. The van der Waals surface area contributed by atoms with E-state index < -0.39 is 0 Å². The fraction of sp³-hybridized carbons (Fsp3) is 0.